The molecule has 0 aliphatic carbocycles. The molecule has 0 fully saturated rings. The summed E-state index contributed by atoms with van der Waals surface area (Å²) in [4.78, 5) is 11.1. The first-order valence-electron chi connectivity index (χ1n) is 10.3. The van der Waals surface area contributed by atoms with Gasteiger partial charge in [0.15, 0.2) is 0 Å². The third-order valence-corrected chi connectivity index (χ3v) is 4.91. The number of hydrogen-bond acceptors (Lipinski definition) is 5. The second kappa shape index (κ2) is 12.0. The number of rotatable bonds is 12. The molecule has 0 radical (unpaired) electrons. The minimum absolute atomic E-state index is 0.0739. The quantitative estimate of drug-likeness (QED) is 0.250. The van der Waals surface area contributed by atoms with Gasteiger partial charge < -0.3 is 18.9 Å². The molecule has 31 heavy (non-hydrogen) atoms. The van der Waals surface area contributed by atoms with Crippen molar-refractivity contribution in [2.45, 2.75) is 5.60 Å². The normalized spacial score (nSPS) is 11.3. The molecule has 0 aliphatic heterocycles. The van der Waals surface area contributed by atoms with Crippen LogP contribution >= 0.6 is 0 Å². The number of esters is 1. The molecule has 0 saturated carbocycles. The Bertz CT molecular complexity index is 800. The van der Waals surface area contributed by atoms with E-state index >= 15 is 0 Å². The molecule has 162 valence electrons. The molecule has 0 aromatic heterocycles. The van der Waals surface area contributed by atoms with Crippen molar-refractivity contribution in [3.63, 3.8) is 0 Å². The van der Waals surface area contributed by atoms with Gasteiger partial charge in [-0.25, -0.2) is 4.79 Å². The monoisotopic (exact) mass is 420 g/mol. The maximum Gasteiger partial charge on any atom is 0.331 e. The Hall–Kier alpha value is -2.99. The maximum atomic E-state index is 11.1. The van der Waals surface area contributed by atoms with E-state index in [1.165, 1.54) is 7.11 Å². The summed E-state index contributed by atoms with van der Waals surface area (Å²) in [5, 5.41) is 0. The van der Waals surface area contributed by atoms with Crippen LogP contribution in [0.15, 0.2) is 91.0 Å². The molecular weight excluding hydrogens is 392 g/mol. The molecule has 0 aliphatic rings. The molecule has 0 bridgehead atoms. The smallest absolute Gasteiger partial charge is 0.331 e. The summed E-state index contributed by atoms with van der Waals surface area (Å²) in [6.07, 6.45) is 0. The minimum Gasteiger partial charge on any atom is -0.467 e. The van der Waals surface area contributed by atoms with Gasteiger partial charge in [0.2, 0.25) is 0 Å². The van der Waals surface area contributed by atoms with E-state index in [1.807, 2.05) is 54.6 Å². The van der Waals surface area contributed by atoms with Gasteiger partial charge in [0, 0.05) is 0 Å². The number of ether oxygens (including phenoxy) is 4. The molecule has 3 rings (SSSR count). The van der Waals surface area contributed by atoms with Crippen molar-refractivity contribution in [3.8, 4) is 0 Å². The van der Waals surface area contributed by atoms with E-state index in [2.05, 4.69) is 41.1 Å². The average Bonchev–Trinajstić information content (AvgIpc) is 2.85. The van der Waals surface area contributed by atoms with Crippen LogP contribution < -0.4 is 0 Å². The first-order valence-corrected chi connectivity index (χ1v) is 10.3. The zero-order valence-electron chi connectivity index (χ0n) is 17.7. The molecule has 3 aromatic carbocycles. The summed E-state index contributed by atoms with van der Waals surface area (Å²) < 4.78 is 22.0. The second-order valence-electron chi connectivity index (χ2n) is 6.87. The molecule has 0 N–H and O–H groups in total. The Morgan fingerprint density at radius 2 is 1.06 bits per heavy atom. The SMILES string of the molecule is COC(=O)COCCOCCOC(c1ccccc1)(c1ccccc1)c1ccccc1. The molecule has 0 heterocycles. The molecular formula is C26H28O5. The molecule has 5 nitrogen and oxygen atoms in total. The summed E-state index contributed by atoms with van der Waals surface area (Å²) in [5.74, 6) is -0.401. The van der Waals surface area contributed by atoms with Gasteiger partial charge >= 0.3 is 5.97 Å². The van der Waals surface area contributed by atoms with Gasteiger partial charge in [0.05, 0.1) is 33.5 Å². The highest BCUT2D eigenvalue weighted by Crippen LogP contribution is 2.40. The highest BCUT2D eigenvalue weighted by atomic mass is 16.6. The first-order chi connectivity index (χ1) is 15.3. The number of carbonyl (C=O) groups excluding carboxylic acids is 1. The number of benzene rings is 3. The Morgan fingerprint density at radius 1 is 0.645 bits per heavy atom. The first kappa shape index (κ1) is 22.7. The largest absolute Gasteiger partial charge is 0.467 e. The van der Waals surface area contributed by atoms with Crippen LogP contribution in [0.4, 0.5) is 0 Å². The zero-order valence-corrected chi connectivity index (χ0v) is 17.7. The third kappa shape index (κ3) is 6.01. The number of carbonyl (C=O) groups is 1. The van der Waals surface area contributed by atoms with Crippen molar-refractivity contribution in [2.75, 3.05) is 40.1 Å². The van der Waals surface area contributed by atoms with Crippen molar-refractivity contribution in [1.82, 2.24) is 0 Å². The summed E-state index contributed by atoms with van der Waals surface area (Å²) in [6, 6.07) is 30.6. The van der Waals surface area contributed by atoms with Gasteiger partial charge in [0.1, 0.15) is 12.2 Å². The standard InChI is InChI=1S/C26H28O5/c1-28-25(27)21-30-18-17-29-19-20-31-26(22-11-5-2-6-12-22,23-13-7-3-8-14-23)24-15-9-4-10-16-24/h2-16H,17-21H2,1H3. The molecule has 0 atom stereocenters. The summed E-state index contributed by atoms with van der Waals surface area (Å²) in [6.45, 7) is 1.40. The van der Waals surface area contributed by atoms with Gasteiger partial charge in [-0.2, -0.15) is 0 Å². The zero-order chi connectivity index (χ0) is 21.8. The van der Waals surface area contributed by atoms with Crippen LogP contribution in [0.2, 0.25) is 0 Å². The molecule has 3 aromatic rings. The van der Waals surface area contributed by atoms with E-state index in [9.17, 15) is 4.79 Å². The van der Waals surface area contributed by atoms with Crippen molar-refractivity contribution < 1.29 is 23.7 Å². The number of methoxy groups -OCH3 is 1. The van der Waals surface area contributed by atoms with Crippen LogP contribution in [0, 0.1) is 0 Å². The second-order valence-corrected chi connectivity index (χ2v) is 6.87. The van der Waals surface area contributed by atoms with Gasteiger partial charge in [-0.05, 0) is 16.7 Å². The Kier molecular flexibility index (Phi) is 8.79. The van der Waals surface area contributed by atoms with Crippen molar-refractivity contribution >= 4 is 5.97 Å². The lowest BCUT2D eigenvalue weighted by molar-refractivity contribution is -0.146. The molecule has 5 heteroatoms. The lowest BCUT2D eigenvalue weighted by Crippen LogP contribution is -2.34. The predicted octanol–water partition coefficient (Wildman–Crippen LogP) is 4.20. The fourth-order valence-electron chi connectivity index (χ4n) is 3.46. The maximum absolute atomic E-state index is 11.1. The molecule has 0 unspecified atom stereocenters. The Balaban J connectivity index is 1.74. The summed E-state index contributed by atoms with van der Waals surface area (Å²) in [5.41, 5.74) is 2.39. The molecule has 0 spiro atoms. The fourth-order valence-corrected chi connectivity index (χ4v) is 3.46. The van der Waals surface area contributed by atoms with Crippen LogP contribution in [0.3, 0.4) is 0 Å². The Morgan fingerprint density at radius 3 is 1.52 bits per heavy atom. The predicted molar refractivity (Wildman–Crippen MR) is 119 cm³/mol. The van der Waals surface area contributed by atoms with Gasteiger partial charge in [-0.3, -0.25) is 0 Å². The van der Waals surface area contributed by atoms with Crippen LogP contribution in [0.5, 0.6) is 0 Å². The molecule has 0 amide bonds. The van der Waals surface area contributed by atoms with Crippen molar-refractivity contribution in [3.05, 3.63) is 108 Å². The van der Waals surface area contributed by atoms with Crippen LogP contribution in [0.1, 0.15) is 16.7 Å². The van der Waals surface area contributed by atoms with Crippen molar-refractivity contribution in [1.29, 1.82) is 0 Å². The lowest BCUT2D eigenvalue weighted by Gasteiger charge is -2.36. The van der Waals surface area contributed by atoms with E-state index in [-0.39, 0.29) is 6.61 Å². The fraction of sp³-hybridized carbons (Fsp3) is 0.269. The van der Waals surface area contributed by atoms with E-state index in [0.717, 1.165) is 16.7 Å². The number of hydrogen-bond donors (Lipinski definition) is 0. The van der Waals surface area contributed by atoms with Crippen LogP contribution in [-0.2, 0) is 29.3 Å². The van der Waals surface area contributed by atoms with Crippen LogP contribution in [-0.4, -0.2) is 46.1 Å². The van der Waals surface area contributed by atoms with E-state index in [0.29, 0.717) is 26.4 Å². The van der Waals surface area contributed by atoms with E-state index in [1.54, 1.807) is 0 Å². The summed E-state index contributed by atoms with van der Waals surface area (Å²) >= 11 is 0. The summed E-state index contributed by atoms with van der Waals surface area (Å²) in [7, 11) is 1.33. The highest BCUT2D eigenvalue weighted by molar-refractivity contribution is 5.70. The lowest BCUT2D eigenvalue weighted by atomic mass is 9.80. The van der Waals surface area contributed by atoms with Gasteiger partial charge in [-0.1, -0.05) is 91.0 Å². The third-order valence-electron chi connectivity index (χ3n) is 4.91. The topological polar surface area (TPSA) is 54.0 Å². The van der Waals surface area contributed by atoms with Gasteiger partial charge in [-0.15, -0.1) is 0 Å². The van der Waals surface area contributed by atoms with Crippen molar-refractivity contribution in [2.24, 2.45) is 0 Å². The molecule has 0 saturated heterocycles. The van der Waals surface area contributed by atoms with E-state index in [4.69, 9.17) is 14.2 Å². The minimum atomic E-state index is -0.755. The van der Waals surface area contributed by atoms with Crippen LogP contribution in [0.25, 0.3) is 0 Å². The Labute approximate surface area is 183 Å². The van der Waals surface area contributed by atoms with Gasteiger partial charge in [0.25, 0.3) is 0 Å². The average molecular weight is 421 g/mol. The van der Waals surface area contributed by atoms with E-state index < -0.39 is 11.6 Å². The highest BCUT2D eigenvalue weighted by Gasteiger charge is 2.37.